The lowest BCUT2D eigenvalue weighted by atomic mass is 10.2. The molecule has 1 aromatic rings. The first-order valence-electron chi connectivity index (χ1n) is 9.19. The van der Waals surface area contributed by atoms with Crippen molar-refractivity contribution in [2.24, 2.45) is 0 Å². The SMILES string of the molecule is CCOC(=O)N1CCN(c2cncc(C(=O)NCC3CCCO3)c2)CC1. The molecule has 2 fully saturated rings. The number of carbonyl (C=O) groups excluding carboxylic acids is 2. The van der Waals surface area contributed by atoms with Gasteiger partial charge in [0.05, 0.1) is 30.2 Å². The fraction of sp³-hybridized carbons (Fsp3) is 0.611. The van der Waals surface area contributed by atoms with Crippen LogP contribution in [0.4, 0.5) is 10.5 Å². The molecule has 0 radical (unpaired) electrons. The van der Waals surface area contributed by atoms with Crippen molar-refractivity contribution in [2.75, 3.05) is 50.8 Å². The number of hydrogen-bond donors (Lipinski definition) is 1. The highest BCUT2D eigenvalue weighted by molar-refractivity contribution is 5.94. The van der Waals surface area contributed by atoms with Crippen LogP contribution in [0.3, 0.4) is 0 Å². The van der Waals surface area contributed by atoms with Crippen molar-refractivity contribution in [3.63, 3.8) is 0 Å². The molecule has 1 N–H and O–H groups in total. The largest absolute Gasteiger partial charge is 0.450 e. The Kier molecular flexibility index (Phi) is 6.27. The Morgan fingerprint density at radius 2 is 2.12 bits per heavy atom. The van der Waals surface area contributed by atoms with E-state index in [1.165, 1.54) is 0 Å². The van der Waals surface area contributed by atoms with Crippen molar-refractivity contribution in [3.8, 4) is 0 Å². The molecular formula is C18H26N4O4. The second-order valence-corrected chi connectivity index (χ2v) is 6.45. The van der Waals surface area contributed by atoms with Gasteiger partial charge in [0, 0.05) is 45.5 Å². The van der Waals surface area contributed by atoms with Crippen LogP contribution >= 0.6 is 0 Å². The first-order chi connectivity index (χ1) is 12.7. The number of pyridine rings is 1. The van der Waals surface area contributed by atoms with Crippen molar-refractivity contribution < 1.29 is 19.1 Å². The van der Waals surface area contributed by atoms with Gasteiger partial charge >= 0.3 is 6.09 Å². The number of anilines is 1. The fourth-order valence-corrected chi connectivity index (χ4v) is 3.20. The van der Waals surface area contributed by atoms with Gasteiger partial charge in [-0.3, -0.25) is 9.78 Å². The fourth-order valence-electron chi connectivity index (χ4n) is 3.20. The Bertz CT molecular complexity index is 625. The summed E-state index contributed by atoms with van der Waals surface area (Å²) in [5.41, 5.74) is 1.42. The van der Waals surface area contributed by atoms with Crippen molar-refractivity contribution in [3.05, 3.63) is 24.0 Å². The molecule has 0 aliphatic carbocycles. The quantitative estimate of drug-likeness (QED) is 0.849. The van der Waals surface area contributed by atoms with E-state index in [-0.39, 0.29) is 18.1 Å². The van der Waals surface area contributed by atoms with Gasteiger partial charge in [0.15, 0.2) is 0 Å². The molecule has 1 unspecified atom stereocenters. The van der Waals surface area contributed by atoms with E-state index in [4.69, 9.17) is 9.47 Å². The third kappa shape index (κ3) is 4.63. The molecule has 2 saturated heterocycles. The highest BCUT2D eigenvalue weighted by Gasteiger charge is 2.23. The summed E-state index contributed by atoms with van der Waals surface area (Å²) in [7, 11) is 0. The lowest BCUT2D eigenvalue weighted by molar-refractivity contribution is 0.0857. The Morgan fingerprint density at radius 3 is 2.81 bits per heavy atom. The molecule has 3 heterocycles. The Morgan fingerprint density at radius 1 is 1.31 bits per heavy atom. The molecule has 2 aliphatic heterocycles. The molecule has 26 heavy (non-hydrogen) atoms. The third-order valence-corrected chi connectivity index (χ3v) is 4.67. The molecule has 142 valence electrons. The van der Waals surface area contributed by atoms with E-state index in [1.54, 1.807) is 24.2 Å². The smallest absolute Gasteiger partial charge is 0.409 e. The van der Waals surface area contributed by atoms with Gasteiger partial charge in [-0.25, -0.2) is 4.79 Å². The Hall–Kier alpha value is -2.35. The minimum atomic E-state index is -0.271. The first kappa shape index (κ1) is 18.4. The molecular weight excluding hydrogens is 336 g/mol. The summed E-state index contributed by atoms with van der Waals surface area (Å²) >= 11 is 0. The summed E-state index contributed by atoms with van der Waals surface area (Å²) in [5, 5.41) is 2.92. The van der Waals surface area contributed by atoms with Gasteiger partial charge in [-0.15, -0.1) is 0 Å². The van der Waals surface area contributed by atoms with Crippen molar-refractivity contribution in [1.29, 1.82) is 0 Å². The zero-order chi connectivity index (χ0) is 18.4. The molecule has 0 saturated carbocycles. The number of carbonyl (C=O) groups is 2. The van der Waals surface area contributed by atoms with Crippen molar-refractivity contribution in [1.82, 2.24) is 15.2 Å². The molecule has 0 bridgehead atoms. The van der Waals surface area contributed by atoms with Crippen LogP contribution in [0.25, 0.3) is 0 Å². The van der Waals surface area contributed by atoms with Crippen LogP contribution in [-0.4, -0.2) is 73.9 Å². The maximum atomic E-state index is 12.4. The van der Waals surface area contributed by atoms with E-state index >= 15 is 0 Å². The average molecular weight is 362 g/mol. The highest BCUT2D eigenvalue weighted by Crippen LogP contribution is 2.17. The van der Waals surface area contributed by atoms with E-state index in [0.29, 0.717) is 44.9 Å². The predicted octanol–water partition coefficient (Wildman–Crippen LogP) is 1.27. The number of aromatic nitrogens is 1. The van der Waals surface area contributed by atoms with E-state index < -0.39 is 0 Å². The zero-order valence-electron chi connectivity index (χ0n) is 15.1. The lowest BCUT2D eigenvalue weighted by Gasteiger charge is -2.35. The number of nitrogens with zero attached hydrogens (tertiary/aromatic N) is 3. The Labute approximate surface area is 153 Å². The van der Waals surface area contributed by atoms with Gasteiger partial charge < -0.3 is 24.6 Å². The summed E-state index contributed by atoms with van der Waals surface area (Å²) in [5.74, 6) is -0.139. The highest BCUT2D eigenvalue weighted by atomic mass is 16.6. The third-order valence-electron chi connectivity index (χ3n) is 4.67. The molecule has 1 atom stereocenters. The molecule has 8 nitrogen and oxygen atoms in total. The summed E-state index contributed by atoms with van der Waals surface area (Å²) in [6.07, 6.45) is 5.21. The summed E-state index contributed by atoms with van der Waals surface area (Å²) in [4.78, 5) is 32.2. The number of nitrogens with one attached hydrogen (secondary N) is 1. The standard InChI is InChI=1S/C18H26N4O4/c1-2-25-18(24)22-7-5-21(6-8-22)15-10-14(11-19-12-15)17(23)20-13-16-4-3-9-26-16/h10-12,16H,2-9,13H2,1H3,(H,20,23). The minimum absolute atomic E-state index is 0.117. The summed E-state index contributed by atoms with van der Waals surface area (Å²) in [6, 6.07) is 1.85. The van der Waals surface area contributed by atoms with Crippen LogP contribution in [0.2, 0.25) is 0 Å². The summed E-state index contributed by atoms with van der Waals surface area (Å²) < 4.78 is 10.6. The van der Waals surface area contributed by atoms with Crippen molar-refractivity contribution in [2.45, 2.75) is 25.9 Å². The van der Waals surface area contributed by atoms with Crippen molar-refractivity contribution >= 4 is 17.7 Å². The molecule has 2 aliphatic rings. The first-order valence-corrected chi connectivity index (χ1v) is 9.19. The number of piperazine rings is 1. The van der Waals surface area contributed by atoms with Crippen LogP contribution in [0.15, 0.2) is 18.5 Å². The monoisotopic (exact) mass is 362 g/mol. The van der Waals surface area contributed by atoms with Crippen LogP contribution in [-0.2, 0) is 9.47 Å². The van der Waals surface area contributed by atoms with E-state index in [2.05, 4.69) is 15.2 Å². The average Bonchev–Trinajstić information content (AvgIpc) is 3.20. The van der Waals surface area contributed by atoms with Gasteiger partial charge in [-0.05, 0) is 25.8 Å². The van der Waals surface area contributed by atoms with E-state index in [1.807, 2.05) is 6.07 Å². The molecule has 8 heteroatoms. The molecule has 3 rings (SSSR count). The maximum absolute atomic E-state index is 12.4. The molecule has 1 aromatic heterocycles. The minimum Gasteiger partial charge on any atom is -0.450 e. The lowest BCUT2D eigenvalue weighted by Crippen LogP contribution is -2.49. The second kappa shape index (κ2) is 8.84. The van der Waals surface area contributed by atoms with Gasteiger partial charge in [-0.2, -0.15) is 0 Å². The van der Waals surface area contributed by atoms with Gasteiger partial charge in [0.2, 0.25) is 0 Å². The number of hydrogen-bond acceptors (Lipinski definition) is 6. The number of rotatable bonds is 5. The van der Waals surface area contributed by atoms with Gasteiger partial charge in [0.1, 0.15) is 0 Å². The van der Waals surface area contributed by atoms with Gasteiger partial charge in [0.25, 0.3) is 5.91 Å². The normalized spacial score (nSPS) is 20.1. The Balaban J connectivity index is 1.54. The van der Waals surface area contributed by atoms with E-state index in [0.717, 1.165) is 25.1 Å². The van der Waals surface area contributed by atoms with Gasteiger partial charge in [-0.1, -0.05) is 0 Å². The molecule has 0 aromatic carbocycles. The van der Waals surface area contributed by atoms with Crippen LogP contribution in [0.5, 0.6) is 0 Å². The van der Waals surface area contributed by atoms with Crippen LogP contribution in [0, 0.1) is 0 Å². The predicted molar refractivity (Wildman–Crippen MR) is 96.4 cm³/mol. The van der Waals surface area contributed by atoms with Crippen LogP contribution in [0.1, 0.15) is 30.1 Å². The number of amides is 2. The van der Waals surface area contributed by atoms with Crippen LogP contribution < -0.4 is 10.2 Å². The maximum Gasteiger partial charge on any atom is 0.409 e. The number of ether oxygens (including phenoxy) is 2. The van der Waals surface area contributed by atoms with E-state index in [9.17, 15) is 9.59 Å². The zero-order valence-corrected chi connectivity index (χ0v) is 15.1. The summed E-state index contributed by atoms with van der Waals surface area (Å²) in [6.45, 7) is 6.03. The topological polar surface area (TPSA) is 84.0 Å². The second-order valence-electron chi connectivity index (χ2n) is 6.45. The molecule has 0 spiro atoms. The molecule has 2 amide bonds.